The van der Waals surface area contributed by atoms with Crippen LogP contribution in [0.1, 0.15) is 24.2 Å². The summed E-state index contributed by atoms with van der Waals surface area (Å²) in [4.78, 5) is 16.1. The predicted molar refractivity (Wildman–Crippen MR) is 87.6 cm³/mol. The molecule has 1 aliphatic heterocycles. The third kappa shape index (κ3) is 3.95. The van der Waals surface area contributed by atoms with Crippen molar-refractivity contribution in [3.05, 3.63) is 35.5 Å². The molecule has 0 fully saturated rings. The monoisotopic (exact) mass is 334 g/mol. The Morgan fingerprint density at radius 2 is 2.35 bits per heavy atom. The number of urea groups is 1. The summed E-state index contributed by atoms with van der Waals surface area (Å²) in [7, 11) is 0. The molecular formula is C15H18N4O3S. The van der Waals surface area contributed by atoms with Crippen molar-refractivity contribution in [1.82, 2.24) is 15.5 Å². The standard InChI is InChI=1S/C15H18N4O3S/c1-9-5-10-6-11(3-4-12(10)21-9)17-15(20)16-7-14-18-13(8-23-2)19-22-14/h3-4,6,9H,5,7-8H2,1-2H3,(H2,16,17,20)/t9-/m0/s1. The van der Waals surface area contributed by atoms with E-state index in [1.54, 1.807) is 11.8 Å². The van der Waals surface area contributed by atoms with E-state index in [0.29, 0.717) is 17.5 Å². The van der Waals surface area contributed by atoms with Crippen LogP contribution in [-0.2, 0) is 18.7 Å². The third-order valence-electron chi connectivity index (χ3n) is 3.34. The lowest BCUT2D eigenvalue weighted by Gasteiger charge is -2.07. The minimum Gasteiger partial charge on any atom is -0.490 e. The highest BCUT2D eigenvalue weighted by molar-refractivity contribution is 7.97. The summed E-state index contributed by atoms with van der Waals surface area (Å²) >= 11 is 1.61. The average molecular weight is 334 g/mol. The summed E-state index contributed by atoms with van der Waals surface area (Å²) in [5, 5.41) is 9.31. The number of anilines is 1. The fourth-order valence-corrected chi connectivity index (χ4v) is 2.76. The van der Waals surface area contributed by atoms with Gasteiger partial charge in [0.1, 0.15) is 11.9 Å². The van der Waals surface area contributed by atoms with Gasteiger partial charge in [0.15, 0.2) is 5.82 Å². The number of nitrogens with one attached hydrogen (secondary N) is 2. The van der Waals surface area contributed by atoms with E-state index in [-0.39, 0.29) is 18.7 Å². The lowest BCUT2D eigenvalue weighted by molar-refractivity contribution is 0.249. The van der Waals surface area contributed by atoms with Crippen LogP contribution in [0.25, 0.3) is 0 Å². The number of nitrogens with zero attached hydrogens (tertiary/aromatic N) is 2. The zero-order valence-electron chi connectivity index (χ0n) is 13.0. The van der Waals surface area contributed by atoms with E-state index in [4.69, 9.17) is 9.26 Å². The molecule has 2 heterocycles. The average Bonchev–Trinajstić information content (AvgIpc) is 3.10. The molecule has 1 aliphatic rings. The number of rotatable bonds is 5. The molecule has 0 saturated heterocycles. The van der Waals surface area contributed by atoms with Crippen LogP contribution in [0.3, 0.4) is 0 Å². The number of aromatic nitrogens is 2. The zero-order chi connectivity index (χ0) is 16.2. The number of carbonyl (C=O) groups is 1. The van der Waals surface area contributed by atoms with Crippen LogP contribution < -0.4 is 15.4 Å². The maximum atomic E-state index is 11.9. The van der Waals surface area contributed by atoms with Gasteiger partial charge >= 0.3 is 6.03 Å². The van der Waals surface area contributed by atoms with E-state index < -0.39 is 0 Å². The maximum Gasteiger partial charge on any atom is 0.319 e. The summed E-state index contributed by atoms with van der Waals surface area (Å²) in [6.45, 7) is 2.22. The van der Waals surface area contributed by atoms with Gasteiger partial charge in [0.25, 0.3) is 0 Å². The van der Waals surface area contributed by atoms with Crippen molar-refractivity contribution in [2.75, 3.05) is 11.6 Å². The van der Waals surface area contributed by atoms with Gasteiger partial charge < -0.3 is 19.9 Å². The second-order valence-electron chi connectivity index (χ2n) is 5.30. The van der Waals surface area contributed by atoms with E-state index in [1.807, 2.05) is 31.4 Å². The molecule has 122 valence electrons. The van der Waals surface area contributed by atoms with Crippen molar-refractivity contribution in [1.29, 1.82) is 0 Å². The molecule has 0 aliphatic carbocycles. The Hall–Kier alpha value is -2.22. The summed E-state index contributed by atoms with van der Waals surface area (Å²) in [5.41, 5.74) is 1.83. The van der Waals surface area contributed by atoms with E-state index >= 15 is 0 Å². The van der Waals surface area contributed by atoms with Gasteiger partial charge in [-0.05, 0) is 36.9 Å². The summed E-state index contributed by atoms with van der Waals surface area (Å²) in [6.07, 6.45) is 3.00. The number of fused-ring (bicyclic) bond motifs is 1. The third-order valence-corrected chi connectivity index (χ3v) is 3.88. The molecule has 2 amide bonds. The number of hydrogen-bond donors (Lipinski definition) is 2. The van der Waals surface area contributed by atoms with Crippen molar-refractivity contribution in [3.8, 4) is 5.75 Å². The lowest BCUT2D eigenvalue weighted by atomic mass is 10.1. The smallest absolute Gasteiger partial charge is 0.319 e. The molecule has 1 atom stereocenters. The molecule has 2 aromatic rings. The molecule has 0 radical (unpaired) electrons. The lowest BCUT2D eigenvalue weighted by Crippen LogP contribution is -2.28. The first kappa shape index (κ1) is 15.7. The fourth-order valence-electron chi connectivity index (χ4n) is 2.38. The quantitative estimate of drug-likeness (QED) is 0.873. The van der Waals surface area contributed by atoms with Crippen LogP contribution in [0.2, 0.25) is 0 Å². The van der Waals surface area contributed by atoms with Crippen molar-refractivity contribution >= 4 is 23.5 Å². The first-order valence-corrected chi connectivity index (χ1v) is 8.68. The van der Waals surface area contributed by atoms with Gasteiger partial charge in [-0.1, -0.05) is 5.16 Å². The van der Waals surface area contributed by atoms with Gasteiger partial charge in [0, 0.05) is 12.1 Å². The summed E-state index contributed by atoms with van der Waals surface area (Å²) < 4.78 is 10.7. The molecule has 3 rings (SSSR count). The van der Waals surface area contributed by atoms with Crippen LogP contribution in [0, 0.1) is 0 Å². The number of benzene rings is 1. The Bertz CT molecular complexity index is 704. The molecule has 1 aromatic carbocycles. The number of ether oxygens (including phenoxy) is 1. The maximum absolute atomic E-state index is 11.9. The highest BCUT2D eigenvalue weighted by atomic mass is 32.2. The van der Waals surface area contributed by atoms with E-state index in [2.05, 4.69) is 20.8 Å². The molecule has 1 aromatic heterocycles. The minimum atomic E-state index is -0.318. The highest BCUT2D eigenvalue weighted by Crippen LogP contribution is 2.30. The van der Waals surface area contributed by atoms with Gasteiger partial charge in [0.05, 0.1) is 12.3 Å². The van der Waals surface area contributed by atoms with Crippen molar-refractivity contribution < 1.29 is 14.1 Å². The summed E-state index contributed by atoms with van der Waals surface area (Å²) in [6, 6.07) is 5.31. The Labute approximate surface area is 138 Å². The van der Waals surface area contributed by atoms with E-state index in [1.165, 1.54) is 0 Å². The van der Waals surface area contributed by atoms with Gasteiger partial charge in [-0.3, -0.25) is 0 Å². The van der Waals surface area contributed by atoms with Crippen molar-refractivity contribution in [3.63, 3.8) is 0 Å². The second-order valence-corrected chi connectivity index (χ2v) is 6.17. The predicted octanol–water partition coefficient (Wildman–Crippen LogP) is 2.58. The van der Waals surface area contributed by atoms with Gasteiger partial charge in [-0.2, -0.15) is 16.7 Å². The first-order valence-electron chi connectivity index (χ1n) is 7.29. The van der Waals surface area contributed by atoms with Gasteiger partial charge in [0.2, 0.25) is 5.89 Å². The van der Waals surface area contributed by atoms with Crippen LogP contribution in [0.15, 0.2) is 22.7 Å². The Morgan fingerprint density at radius 1 is 1.48 bits per heavy atom. The number of carbonyl (C=O) groups excluding carboxylic acids is 1. The van der Waals surface area contributed by atoms with Crippen molar-refractivity contribution in [2.24, 2.45) is 0 Å². The molecule has 23 heavy (non-hydrogen) atoms. The SMILES string of the molecule is CSCc1noc(CNC(=O)Nc2ccc3c(c2)C[C@H](C)O3)n1. The summed E-state index contributed by atoms with van der Waals surface area (Å²) in [5.74, 6) is 2.59. The molecular weight excluding hydrogens is 316 g/mol. The Kier molecular flexibility index (Phi) is 4.71. The molecule has 0 saturated carbocycles. The van der Waals surface area contributed by atoms with Crippen molar-refractivity contribution in [2.45, 2.75) is 31.7 Å². The van der Waals surface area contributed by atoms with E-state index in [0.717, 1.165) is 23.4 Å². The topological polar surface area (TPSA) is 89.3 Å². The van der Waals surface area contributed by atoms with Gasteiger partial charge in [-0.15, -0.1) is 0 Å². The first-order chi connectivity index (χ1) is 11.1. The molecule has 8 heteroatoms. The molecule has 2 N–H and O–H groups in total. The highest BCUT2D eigenvalue weighted by Gasteiger charge is 2.19. The Morgan fingerprint density at radius 3 is 3.17 bits per heavy atom. The second kappa shape index (κ2) is 6.91. The normalized spacial score (nSPS) is 15.8. The van der Waals surface area contributed by atoms with Gasteiger partial charge in [-0.25, -0.2) is 4.79 Å². The number of amides is 2. The zero-order valence-corrected chi connectivity index (χ0v) is 13.8. The minimum absolute atomic E-state index is 0.182. The molecule has 0 unspecified atom stereocenters. The fraction of sp³-hybridized carbons (Fsp3) is 0.400. The van der Waals surface area contributed by atoms with Crippen LogP contribution in [0.5, 0.6) is 5.75 Å². The van der Waals surface area contributed by atoms with Crippen LogP contribution >= 0.6 is 11.8 Å². The number of hydrogen-bond acceptors (Lipinski definition) is 6. The Balaban J connectivity index is 1.52. The molecule has 0 bridgehead atoms. The van der Waals surface area contributed by atoms with E-state index in [9.17, 15) is 4.79 Å². The van der Waals surface area contributed by atoms with Crippen LogP contribution in [-0.4, -0.2) is 28.5 Å². The largest absolute Gasteiger partial charge is 0.490 e. The molecule has 7 nitrogen and oxygen atoms in total. The van der Waals surface area contributed by atoms with Crippen LogP contribution in [0.4, 0.5) is 10.5 Å². The molecule has 0 spiro atoms. The number of thioether (sulfide) groups is 1.